The standard InChI is InChI=1S/C28H30FN3O2/c1-4-34-28(33)22-15-26-25(13-16(22)2)31-27(32-26)17(3)18-5-7-19(8-6-18)21-11-12-30-24-10-9-20(29)14-23(21)24/h9-15,17-19H,4-8H2,1-3H3,(H,31,32). The summed E-state index contributed by atoms with van der Waals surface area (Å²) in [4.78, 5) is 25.0. The Hall–Kier alpha value is -3.28. The number of aromatic nitrogens is 3. The molecule has 1 unspecified atom stereocenters. The minimum atomic E-state index is -0.304. The fraction of sp³-hybridized carbons (Fsp3) is 0.393. The molecule has 4 aromatic rings. The third kappa shape index (κ3) is 4.17. The van der Waals surface area contributed by atoms with Gasteiger partial charge in [0, 0.05) is 17.5 Å². The van der Waals surface area contributed by atoms with Crippen LogP contribution in [-0.2, 0) is 4.74 Å². The number of aromatic amines is 1. The molecule has 1 N–H and O–H groups in total. The Labute approximate surface area is 198 Å². The molecule has 5 rings (SSSR count). The van der Waals surface area contributed by atoms with Gasteiger partial charge in [-0.1, -0.05) is 6.92 Å². The molecule has 2 aromatic carbocycles. The SMILES string of the molecule is CCOC(=O)c1cc2nc(C(C)C3CCC(c4ccnc5ccc(F)cc45)CC3)[nH]c2cc1C. The van der Waals surface area contributed by atoms with E-state index in [1.807, 2.05) is 32.2 Å². The molecule has 1 fully saturated rings. The van der Waals surface area contributed by atoms with Crippen LogP contribution in [0.2, 0.25) is 0 Å². The smallest absolute Gasteiger partial charge is 0.338 e. The predicted molar refractivity (Wildman–Crippen MR) is 132 cm³/mol. The molecule has 5 nitrogen and oxygen atoms in total. The minimum Gasteiger partial charge on any atom is -0.462 e. The van der Waals surface area contributed by atoms with Crippen LogP contribution in [0.3, 0.4) is 0 Å². The Balaban J connectivity index is 1.33. The van der Waals surface area contributed by atoms with Gasteiger partial charge in [-0.05, 0) is 98.9 Å². The number of nitrogens with one attached hydrogen (secondary N) is 1. The van der Waals surface area contributed by atoms with Gasteiger partial charge in [0.25, 0.3) is 0 Å². The third-order valence-electron chi connectivity index (χ3n) is 7.43. The summed E-state index contributed by atoms with van der Waals surface area (Å²) < 4.78 is 19.1. The average molecular weight is 460 g/mol. The number of hydrogen-bond acceptors (Lipinski definition) is 4. The number of pyridine rings is 1. The number of benzene rings is 2. The Morgan fingerprint density at radius 1 is 1.15 bits per heavy atom. The van der Waals surface area contributed by atoms with Crippen molar-refractivity contribution in [3.8, 4) is 0 Å². The molecular weight excluding hydrogens is 429 g/mol. The Kier molecular flexibility index (Phi) is 6.07. The van der Waals surface area contributed by atoms with Crippen LogP contribution in [0.4, 0.5) is 4.39 Å². The number of halogens is 1. The molecule has 1 aliphatic rings. The molecule has 2 heterocycles. The molecule has 0 saturated heterocycles. The van der Waals surface area contributed by atoms with Crippen LogP contribution in [0.5, 0.6) is 0 Å². The number of rotatable bonds is 5. The van der Waals surface area contributed by atoms with Gasteiger partial charge in [-0.25, -0.2) is 14.2 Å². The number of fused-ring (bicyclic) bond motifs is 2. The molecule has 0 spiro atoms. The summed E-state index contributed by atoms with van der Waals surface area (Å²) in [5.74, 6) is 1.67. The average Bonchev–Trinajstić information content (AvgIpc) is 3.25. The normalized spacial score (nSPS) is 19.4. The van der Waals surface area contributed by atoms with E-state index in [1.54, 1.807) is 12.1 Å². The maximum absolute atomic E-state index is 13.9. The molecule has 176 valence electrons. The Bertz CT molecular complexity index is 1350. The van der Waals surface area contributed by atoms with E-state index in [-0.39, 0.29) is 17.7 Å². The predicted octanol–water partition coefficient (Wildman–Crippen LogP) is 6.81. The van der Waals surface area contributed by atoms with Crippen LogP contribution >= 0.6 is 0 Å². The van der Waals surface area contributed by atoms with Crippen molar-refractivity contribution in [3.05, 3.63) is 70.9 Å². The van der Waals surface area contributed by atoms with Crippen molar-refractivity contribution in [2.24, 2.45) is 5.92 Å². The second-order valence-corrected chi connectivity index (χ2v) is 9.49. The summed E-state index contributed by atoms with van der Waals surface area (Å²) in [5, 5.41) is 0.934. The van der Waals surface area contributed by atoms with Crippen LogP contribution in [-0.4, -0.2) is 27.5 Å². The lowest BCUT2D eigenvalue weighted by molar-refractivity contribution is 0.0525. The van der Waals surface area contributed by atoms with Gasteiger partial charge in [-0.2, -0.15) is 0 Å². The largest absolute Gasteiger partial charge is 0.462 e. The van der Waals surface area contributed by atoms with Gasteiger partial charge in [0.05, 0.1) is 28.7 Å². The van der Waals surface area contributed by atoms with Gasteiger partial charge >= 0.3 is 5.97 Å². The van der Waals surface area contributed by atoms with Crippen molar-refractivity contribution < 1.29 is 13.9 Å². The van der Waals surface area contributed by atoms with E-state index in [0.29, 0.717) is 24.0 Å². The van der Waals surface area contributed by atoms with E-state index in [0.717, 1.165) is 59.0 Å². The number of imidazole rings is 1. The molecule has 6 heteroatoms. The number of esters is 1. The number of carbonyl (C=O) groups excluding carboxylic acids is 1. The summed E-state index contributed by atoms with van der Waals surface area (Å²) in [6.07, 6.45) is 6.16. The molecule has 0 radical (unpaired) electrons. The van der Waals surface area contributed by atoms with Crippen molar-refractivity contribution >= 4 is 27.9 Å². The molecule has 0 bridgehead atoms. The number of H-pyrrole nitrogens is 1. The monoisotopic (exact) mass is 459 g/mol. The lowest BCUT2D eigenvalue weighted by Gasteiger charge is -2.32. The zero-order chi connectivity index (χ0) is 23.8. The van der Waals surface area contributed by atoms with Crippen LogP contribution in [0.15, 0.2) is 42.6 Å². The van der Waals surface area contributed by atoms with Crippen LogP contribution in [0, 0.1) is 18.7 Å². The van der Waals surface area contributed by atoms with Gasteiger partial charge in [0.15, 0.2) is 0 Å². The summed E-state index contributed by atoms with van der Waals surface area (Å²) >= 11 is 0. The van der Waals surface area contributed by atoms with Crippen molar-refractivity contribution in [3.63, 3.8) is 0 Å². The highest BCUT2D eigenvalue weighted by Gasteiger charge is 2.29. The first-order chi connectivity index (χ1) is 16.4. The molecule has 2 aromatic heterocycles. The van der Waals surface area contributed by atoms with Crippen molar-refractivity contribution in [1.82, 2.24) is 15.0 Å². The minimum absolute atomic E-state index is 0.213. The summed E-state index contributed by atoms with van der Waals surface area (Å²) in [7, 11) is 0. The zero-order valence-corrected chi connectivity index (χ0v) is 19.9. The number of ether oxygens (including phenoxy) is 1. The summed E-state index contributed by atoms with van der Waals surface area (Å²) in [6, 6.07) is 10.7. The first-order valence-electron chi connectivity index (χ1n) is 12.2. The van der Waals surface area contributed by atoms with Gasteiger partial charge in [0.1, 0.15) is 11.6 Å². The lowest BCUT2D eigenvalue weighted by atomic mass is 9.73. The lowest BCUT2D eigenvalue weighted by Crippen LogP contribution is -2.19. The van der Waals surface area contributed by atoms with Gasteiger partial charge < -0.3 is 9.72 Å². The maximum Gasteiger partial charge on any atom is 0.338 e. The number of nitrogens with zero attached hydrogens (tertiary/aromatic N) is 2. The number of hydrogen-bond donors (Lipinski definition) is 1. The highest BCUT2D eigenvalue weighted by molar-refractivity contribution is 5.95. The van der Waals surface area contributed by atoms with Crippen LogP contribution < -0.4 is 0 Å². The Morgan fingerprint density at radius 3 is 2.71 bits per heavy atom. The highest BCUT2D eigenvalue weighted by atomic mass is 19.1. The van der Waals surface area contributed by atoms with Crippen molar-refractivity contribution in [1.29, 1.82) is 0 Å². The van der Waals surface area contributed by atoms with E-state index in [2.05, 4.69) is 23.0 Å². The first-order valence-corrected chi connectivity index (χ1v) is 12.2. The molecule has 34 heavy (non-hydrogen) atoms. The zero-order valence-electron chi connectivity index (χ0n) is 19.9. The summed E-state index contributed by atoms with van der Waals surface area (Å²) in [5.41, 5.74) is 5.27. The quantitative estimate of drug-likeness (QED) is 0.333. The van der Waals surface area contributed by atoms with Crippen LogP contribution in [0.25, 0.3) is 21.9 Å². The van der Waals surface area contributed by atoms with E-state index < -0.39 is 0 Å². The molecule has 0 aliphatic heterocycles. The maximum atomic E-state index is 13.9. The van der Waals surface area contributed by atoms with Gasteiger partial charge in [0.2, 0.25) is 0 Å². The van der Waals surface area contributed by atoms with Crippen LogP contribution in [0.1, 0.15) is 78.7 Å². The van der Waals surface area contributed by atoms with E-state index in [9.17, 15) is 9.18 Å². The topological polar surface area (TPSA) is 67.9 Å². The molecule has 1 aliphatic carbocycles. The number of aryl methyl sites for hydroxylation is 1. The fourth-order valence-corrected chi connectivity index (χ4v) is 5.48. The Morgan fingerprint density at radius 2 is 1.94 bits per heavy atom. The second kappa shape index (κ2) is 9.16. The second-order valence-electron chi connectivity index (χ2n) is 9.49. The molecule has 0 amide bonds. The highest BCUT2D eigenvalue weighted by Crippen LogP contribution is 2.43. The third-order valence-corrected chi connectivity index (χ3v) is 7.43. The van der Waals surface area contributed by atoms with Gasteiger partial charge in [-0.3, -0.25) is 4.98 Å². The van der Waals surface area contributed by atoms with E-state index >= 15 is 0 Å². The van der Waals surface area contributed by atoms with Crippen molar-refractivity contribution in [2.75, 3.05) is 6.61 Å². The molecular formula is C28H30FN3O2. The fourth-order valence-electron chi connectivity index (χ4n) is 5.48. The number of carbonyl (C=O) groups is 1. The summed E-state index contributed by atoms with van der Waals surface area (Å²) in [6.45, 7) is 6.32. The molecule has 1 atom stereocenters. The van der Waals surface area contributed by atoms with E-state index in [4.69, 9.17) is 9.72 Å². The van der Waals surface area contributed by atoms with E-state index in [1.165, 1.54) is 11.6 Å². The van der Waals surface area contributed by atoms with Gasteiger partial charge in [-0.15, -0.1) is 0 Å². The molecule has 1 saturated carbocycles. The first kappa shape index (κ1) is 22.5. The van der Waals surface area contributed by atoms with Crippen molar-refractivity contribution in [2.45, 2.75) is 58.3 Å².